The Balaban J connectivity index is 1.58. The van der Waals surface area contributed by atoms with Crippen LogP contribution >= 0.6 is 0 Å². The SMILES string of the molecule is O=C1CNC(=O)c2ccc(cc2)Nc2nc(nc(OCC(F)(F)F)n2)NCc2ccc(cc2)OC/C=C\CS(=O)(=O)N1. The highest BCUT2D eigenvalue weighted by Crippen LogP contribution is 2.21. The zero-order valence-electron chi connectivity index (χ0n) is 21.6. The maximum atomic E-state index is 12.7. The first kappa shape index (κ1) is 30.0. The molecule has 42 heavy (non-hydrogen) atoms. The fourth-order valence-corrected chi connectivity index (χ4v) is 4.23. The fourth-order valence-electron chi connectivity index (χ4n) is 3.34. The van der Waals surface area contributed by atoms with E-state index in [1.54, 1.807) is 24.3 Å². The minimum atomic E-state index is -4.61. The van der Waals surface area contributed by atoms with Crippen molar-refractivity contribution in [1.29, 1.82) is 0 Å². The Hall–Kier alpha value is -4.93. The predicted molar refractivity (Wildman–Crippen MR) is 144 cm³/mol. The number of halogens is 3. The summed E-state index contributed by atoms with van der Waals surface area (Å²) in [6, 6.07) is 11.9. The van der Waals surface area contributed by atoms with Crippen LogP contribution in [0.3, 0.4) is 0 Å². The molecule has 3 aliphatic heterocycles. The number of fused-ring (bicyclic) bond motifs is 2. The Kier molecular flexibility index (Phi) is 9.41. The molecule has 13 nitrogen and oxygen atoms in total. The van der Waals surface area contributed by atoms with Gasteiger partial charge in [-0.15, -0.1) is 0 Å². The second-order valence-electron chi connectivity index (χ2n) is 8.64. The van der Waals surface area contributed by atoms with Crippen molar-refractivity contribution in [2.45, 2.75) is 12.7 Å². The van der Waals surface area contributed by atoms with Crippen LogP contribution in [0.4, 0.5) is 30.8 Å². The molecule has 0 spiro atoms. The van der Waals surface area contributed by atoms with E-state index < -0.39 is 52.9 Å². The molecule has 0 saturated carbocycles. The molecule has 0 aliphatic carbocycles. The van der Waals surface area contributed by atoms with Crippen LogP contribution in [0, 0.1) is 0 Å². The highest BCUT2D eigenvalue weighted by molar-refractivity contribution is 7.90. The van der Waals surface area contributed by atoms with Crippen LogP contribution in [0.1, 0.15) is 15.9 Å². The number of sulfonamides is 1. The minimum absolute atomic E-state index is 0.0527. The minimum Gasteiger partial charge on any atom is -0.490 e. The number of alkyl halides is 3. The standard InChI is InChI=1S/C25H24F3N7O6S/c26-25(27,28)15-41-24-33-22-30-13-16-3-9-19(10-4-16)40-11-1-2-12-42(38,39)35-20(36)14-29-21(37)17-5-7-18(8-6-17)31-23(32-22)34-24/h1-10H,11-15H2,(H,29,37)(H,35,36)(H2,30,31,32,33,34)/b2-1-. The molecule has 2 amide bonds. The van der Waals surface area contributed by atoms with Crippen molar-refractivity contribution in [1.82, 2.24) is 25.0 Å². The number of nitrogens with one attached hydrogen (secondary N) is 4. The Morgan fingerprint density at radius 3 is 2.31 bits per heavy atom. The summed E-state index contributed by atoms with van der Waals surface area (Å²) >= 11 is 0. The quantitative estimate of drug-likeness (QED) is 0.315. The summed E-state index contributed by atoms with van der Waals surface area (Å²) in [4.78, 5) is 36.4. The molecule has 0 fully saturated rings. The number of amides is 2. The van der Waals surface area contributed by atoms with Crippen LogP contribution in [-0.4, -0.2) is 66.9 Å². The second-order valence-corrected chi connectivity index (χ2v) is 10.4. The van der Waals surface area contributed by atoms with Gasteiger partial charge in [0.05, 0.1) is 12.3 Å². The first-order valence-corrected chi connectivity index (χ1v) is 13.8. The van der Waals surface area contributed by atoms with Crippen molar-refractivity contribution in [3.63, 3.8) is 0 Å². The van der Waals surface area contributed by atoms with Gasteiger partial charge in [0, 0.05) is 17.8 Å². The van der Waals surface area contributed by atoms with Crippen molar-refractivity contribution in [2.75, 3.05) is 36.1 Å². The van der Waals surface area contributed by atoms with E-state index in [0.717, 1.165) is 5.56 Å². The van der Waals surface area contributed by atoms with E-state index in [0.29, 0.717) is 11.4 Å². The summed E-state index contributed by atoms with van der Waals surface area (Å²) in [6.45, 7) is -1.96. The van der Waals surface area contributed by atoms with Crippen LogP contribution in [0.2, 0.25) is 0 Å². The molecule has 0 saturated heterocycles. The van der Waals surface area contributed by atoms with Gasteiger partial charge in [-0.3, -0.25) is 14.3 Å². The number of nitrogens with zero attached hydrogens (tertiary/aromatic N) is 3. The van der Waals surface area contributed by atoms with Gasteiger partial charge in [-0.1, -0.05) is 24.3 Å². The molecule has 3 aliphatic rings. The third-order valence-electron chi connectivity index (χ3n) is 5.26. The summed E-state index contributed by atoms with van der Waals surface area (Å²) in [7, 11) is -3.98. The van der Waals surface area contributed by atoms with Gasteiger partial charge >= 0.3 is 12.2 Å². The van der Waals surface area contributed by atoms with Gasteiger partial charge < -0.3 is 25.4 Å². The smallest absolute Gasteiger partial charge is 0.422 e. The molecular weight excluding hydrogens is 583 g/mol. The van der Waals surface area contributed by atoms with Crippen LogP contribution in [0.5, 0.6) is 11.8 Å². The summed E-state index contributed by atoms with van der Waals surface area (Å²) in [5.41, 5.74) is 1.26. The zero-order valence-corrected chi connectivity index (χ0v) is 22.5. The largest absolute Gasteiger partial charge is 0.490 e. The Morgan fingerprint density at radius 1 is 0.881 bits per heavy atom. The summed E-state index contributed by atoms with van der Waals surface area (Å²) in [6.07, 6.45) is -1.83. The number of hydrogen-bond donors (Lipinski definition) is 4. The molecule has 222 valence electrons. The average Bonchev–Trinajstić information content (AvgIpc) is 2.93. The number of ether oxygens (including phenoxy) is 2. The first-order valence-electron chi connectivity index (χ1n) is 12.2. The lowest BCUT2D eigenvalue weighted by atomic mass is 10.2. The number of hydrogen-bond acceptors (Lipinski definition) is 11. The summed E-state index contributed by atoms with van der Waals surface area (Å²) in [5.74, 6) is -1.78. The number of carbonyl (C=O) groups excluding carboxylic acids is 2. The lowest BCUT2D eigenvalue weighted by Crippen LogP contribution is -2.40. The number of anilines is 3. The third kappa shape index (κ3) is 9.61. The zero-order chi connectivity index (χ0) is 30.2. The highest BCUT2D eigenvalue weighted by atomic mass is 32.2. The monoisotopic (exact) mass is 607 g/mol. The predicted octanol–water partition coefficient (Wildman–Crippen LogP) is 2.29. The van der Waals surface area contributed by atoms with Gasteiger partial charge in [-0.05, 0) is 42.0 Å². The van der Waals surface area contributed by atoms with E-state index in [2.05, 4.69) is 30.9 Å². The van der Waals surface area contributed by atoms with Gasteiger partial charge in [0.2, 0.25) is 21.9 Å². The van der Waals surface area contributed by atoms with Crippen LogP contribution in [0.25, 0.3) is 0 Å². The first-order chi connectivity index (χ1) is 19.9. The molecule has 6 bridgehead atoms. The molecule has 0 atom stereocenters. The summed E-state index contributed by atoms with van der Waals surface area (Å²) in [5, 5.41) is 8.03. The fraction of sp³-hybridized carbons (Fsp3) is 0.240. The molecule has 1 aromatic heterocycles. The number of aromatic nitrogens is 3. The Bertz CT molecular complexity index is 1550. The second kappa shape index (κ2) is 13.2. The van der Waals surface area contributed by atoms with Crippen molar-refractivity contribution < 1.29 is 40.7 Å². The molecule has 4 heterocycles. The lowest BCUT2D eigenvalue weighted by molar-refractivity contribution is -0.154. The molecule has 6 rings (SSSR count). The van der Waals surface area contributed by atoms with Gasteiger partial charge in [0.25, 0.3) is 11.8 Å². The van der Waals surface area contributed by atoms with E-state index in [-0.39, 0.29) is 30.6 Å². The molecule has 3 aromatic rings. The van der Waals surface area contributed by atoms with Crippen molar-refractivity contribution in [2.24, 2.45) is 0 Å². The van der Waals surface area contributed by atoms with Crippen LogP contribution in [0.15, 0.2) is 60.7 Å². The van der Waals surface area contributed by atoms with Crippen LogP contribution < -0.4 is 30.1 Å². The number of rotatable bonds is 2. The number of benzene rings is 2. The van der Waals surface area contributed by atoms with Crippen LogP contribution in [-0.2, 0) is 21.4 Å². The Morgan fingerprint density at radius 2 is 1.60 bits per heavy atom. The molecule has 17 heteroatoms. The van der Waals surface area contributed by atoms with E-state index in [4.69, 9.17) is 9.47 Å². The van der Waals surface area contributed by atoms with Crippen molar-refractivity contribution in [3.05, 3.63) is 71.8 Å². The van der Waals surface area contributed by atoms with Crippen molar-refractivity contribution >= 4 is 39.4 Å². The van der Waals surface area contributed by atoms with Gasteiger partial charge in [0.1, 0.15) is 12.4 Å². The van der Waals surface area contributed by atoms with E-state index in [1.807, 2.05) is 4.72 Å². The lowest BCUT2D eigenvalue weighted by Gasteiger charge is -2.12. The summed E-state index contributed by atoms with van der Waals surface area (Å²) < 4.78 is 74.6. The molecule has 2 aromatic carbocycles. The third-order valence-corrected chi connectivity index (χ3v) is 6.43. The van der Waals surface area contributed by atoms with Gasteiger partial charge in [0.15, 0.2) is 6.61 Å². The molecule has 4 N–H and O–H groups in total. The maximum absolute atomic E-state index is 12.7. The van der Waals surface area contributed by atoms with E-state index in [1.165, 1.54) is 36.4 Å². The van der Waals surface area contributed by atoms with Crippen molar-refractivity contribution in [3.8, 4) is 11.8 Å². The normalized spacial score (nSPS) is 16.8. The Labute approximate surface area is 237 Å². The maximum Gasteiger partial charge on any atom is 0.422 e. The average molecular weight is 608 g/mol. The van der Waals surface area contributed by atoms with E-state index >= 15 is 0 Å². The molecular formula is C25H24F3N7O6S. The van der Waals surface area contributed by atoms with E-state index in [9.17, 15) is 31.2 Å². The highest BCUT2D eigenvalue weighted by Gasteiger charge is 2.29. The molecule has 0 radical (unpaired) electrons. The number of carbonyl (C=O) groups is 2. The van der Waals surface area contributed by atoms with Gasteiger partial charge in [-0.25, -0.2) is 8.42 Å². The van der Waals surface area contributed by atoms with Gasteiger partial charge in [-0.2, -0.15) is 28.1 Å². The molecule has 0 unspecified atom stereocenters. The topological polar surface area (TPSA) is 174 Å².